The molecule has 10 nitrogen and oxygen atoms in total. The van der Waals surface area contributed by atoms with Crippen molar-refractivity contribution in [1.29, 1.82) is 0 Å². The third-order valence-electron chi connectivity index (χ3n) is 9.25. The summed E-state index contributed by atoms with van der Waals surface area (Å²) in [5.41, 5.74) is 1.02. The first-order valence-electron chi connectivity index (χ1n) is 15.4. The van der Waals surface area contributed by atoms with Crippen molar-refractivity contribution in [3.05, 3.63) is 35.9 Å². The molecule has 3 aliphatic heterocycles. The van der Waals surface area contributed by atoms with E-state index in [-0.39, 0.29) is 42.7 Å². The lowest BCUT2D eigenvalue weighted by molar-refractivity contribution is -0.207. The molecule has 230 valence electrons. The SMILES string of the molecule is COCC1CCN(C(=O)N(CC(C)C)C[C@@H](O)[C@H](Cc2ccccc2)NC(O)OC2C3COC4OCC2C4C3)CC1. The highest BCUT2D eigenvalue weighted by molar-refractivity contribution is 5.74. The maximum absolute atomic E-state index is 13.6. The number of likely N-dealkylation sites (tertiary alicyclic amines) is 1. The number of piperidine rings is 1. The average molecular weight is 576 g/mol. The van der Waals surface area contributed by atoms with Gasteiger partial charge in [0.05, 0.1) is 25.4 Å². The molecule has 4 fully saturated rings. The number of aliphatic hydroxyl groups excluding tert-OH is 2. The van der Waals surface area contributed by atoms with Gasteiger partial charge in [0.15, 0.2) is 6.29 Å². The average Bonchev–Trinajstić information content (AvgIpc) is 3.49. The van der Waals surface area contributed by atoms with Crippen LogP contribution in [-0.2, 0) is 25.4 Å². The van der Waals surface area contributed by atoms with Crippen LogP contribution in [0.15, 0.2) is 30.3 Å². The molecule has 2 amide bonds. The zero-order valence-corrected chi connectivity index (χ0v) is 24.8. The number of benzene rings is 1. The number of hydrogen-bond acceptors (Lipinski definition) is 8. The third kappa shape index (κ3) is 7.60. The van der Waals surface area contributed by atoms with E-state index in [2.05, 4.69) is 19.2 Å². The third-order valence-corrected chi connectivity index (χ3v) is 9.25. The molecule has 10 heteroatoms. The normalized spacial score (nSPS) is 30.0. The number of fused-ring (bicyclic) bond motifs is 1. The Bertz CT molecular complexity index is 960. The number of hydrogen-bond donors (Lipinski definition) is 3. The molecule has 8 atom stereocenters. The van der Waals surface area contributed by atoms with Crippen molar-refractivity contribution in [3.8, 4) is 0 Å². The Morgan fingerprint density at radius 3 is 2.54 bits per heavy atom. The number of nitrogens with zero attached hydrogens (tertiary/aromatic N) is 2. The minimum atomic E-state index is -1.27. The molecule has 0 radical (unpaired) electrons. The van der Waals surface area contributed by atoms with Crippen LogP contribution in [0.4, 0.5) is 4.79 Å². The largest absolute Gasteiger partial charge is 0.390 e. The van der Waals surface area contributed by atoms with Crippen LogP contribution in [0.2, 0.25) is 0 Å². The number of carbonyl (C=O) groups excluding carboxylic acids is 1. The molecule has 3 saturated heterocycles. The highest BCUT2D eigenvalue weighted by atomic mass is 16.7. The van der Waals surface area contributed by atoms with Crippen LogP contribution in [-0.4, -0.2) is 110 Å². The van der Waals surface area contributed by atoms with Crippen molar-refractivity contribution in [2.75, 3.05) is 53.1 Å². The van der Waals surface area contributed by atoms with Crippen molar-refractivity contribution < 1.29 is 34.0 Å². The second-order valence-electron chi connectivity index (χ2n) is 12.8. The molecule has 1 aliphatic carbocycles. The van der Waals surface area contributed by atoms with Crippen molar-refractivity contribution in [2.45, 2.75) is 70.5 Å². The summed E-state index contributed by atoms with van der Waals surface area (Å²) in [5, 5.41) is 25.8. The summed E-state index contributed by atoms with van der Waals surface area (Å²) < 4.78 is 23.1. The lowest BCUT2D eigenvalue weighted by Crippen LogP contribution is -2.56. The monoisotopic (exact) mass is 575 g/mol. The topological polar surface area (TPSA) is 113 Å². The summed E-state index contributed by atoms with van der Waals surface area (Å²) in [6.07, 6.45) is 0.784. The first kappa shape index (κ1) is 30.7. The van der Waals surface area contributed by atoms with Gasteiger partial charge in [-0.1, -0.05) is 44.2 Å². The summed E-state index contributed by atoms with van der Waals surface area (Å²) in [6.45, 7) is 8.10. The molecule has 1 saturated carbocycles. The van der Waals surface area contributed by atoms with Crippen LogP contribution < -0.4 is 5.32 Å². The Hall–Kier alpha value is -1.79. The van der Waals surface area contributed by atoms with Crippen LogP contribution in [0.1, 0.15) is 38.7 Å². The molecular weight excluding hydrogens is 526 g/mol. The van der Waals surface area contributed by atoms with E-state index in [1.807, 2.05) is 35.2 Å². The van der Waals surface area contributed by atoms with Crippen LogP contribution in [0.3, 0.4) is 0 Å². The zero-order chi connectivity index (χ0) is 28.9. The predicted octanol–water partition coefficient (Wildman–Crippen LogP) is 2.28. The van der Waals surface area contributed by atoms with Crippen LogP contribution >= 0.6 is 0 Å². The molecule has 0 spiro atoms. The molecule has 5 rings (SSSR count). The molecule has 3 N–H and O–H groups in total. The van der Waals surface area contributed by atoms with E-state index in [9.17, 15) is 15.0 Å². The van der Waals surface area contributed by atoms with Gasteiger partial charge in [-0.15, -0.1) is 0 Å². The Kier molecular flexibility index (Phi) is 10.6. The highest BCUT2D eigenvalue weighted by Crippen LogP contribution is 2.49. The number of urea groups is 1. The molecular formula is C31H49N3O7. The first-order valence-corrected chi connectivity index (χ1v) is 15.4. The molecule has 3 heterocycles. The molecule has 2 bridgehead atoms. The van der Waals surface area contributed by atoms with Gasteiger partial charge in [0.2, 0.25) is 6.41 Å². The van der Waals surface area contributed by atoms with Gasteiger partial charge in [-0.05, 0) is 43.1 Å². The zero-order valence-electron chi connectivity index (χ0n) is 24.8. The van der Waals surface area contributed by atoms with Crippen molar-refractivity contribution in [1.82, 2.24) is 15.1 Å². The van der Waals surface area contributed by atoms with Gasteiger partial charge in [0.25, 0.3) is 0 Å². The summed E-state index contributed by atoms with van der Waals surface area (Å²) in [6, 6.07) is 9.30. The number of nitrogens with one attached hydrogen (secondary N) is 1. The minimum absolute atomic E-state index is 0.0436. The van der Waals surface area contributed by atoms with E-state index >= 15 is 0 Å². The van der Waals surface area contributed by atoms with Gasteiger partial charge in [0, 0.05) is 63.7 Å². The lowest BCUT2D eigenvalue weighted by Gasteiger charge is -2.38. The van der Waals surface area contributed by atoms with Gasteiger partial charge >= 0.3 is 6.03 Å². The fourth-order valence-electron chi connectivity index (χ4n) is 7.17. The lowest BCUT2D eigenvalue weighted by atomic mass is 9.98. The summed E-state index contributed by atoms with van der Waals surface area (Å²) in [5.74, 6) is 1.46. The smallest absolute Gasteiger partial charge is 0.320 e. The highest BCUT2D eigenvalue weighted by Gasteiger charge is 2.55. The maximum Gasteiger partial charge on any atom is 0.320 e. The van der Waals surface area contributed by atoms with Crippen molar-refractivity contribution in [2.24, 2.45) is 29.6 Å². The number of carbonyl (C=O) groups is 1. The number of ether oxygens (including phenoxy) is 4. The Morgan fingerprint density at radius 2 is 1.83 bits per heavy atom. The summed E-state index contributed by atoms with van der Waals surface area (Å²) in [7, 11) is 1.72. The minimum Gasteiger partial charge on any atom is -0.390 e. The molecule has 41 heavy (non-hydrogen) atoms. The Labute approximate surface area is 244 Å². The van der Waals surface area contributed by atoms with Gasteiger partial charge < -0.3 is 39.0 Å². The first-order chi connectivity index (χ1) is 19.8. The second-order valence-corrected chi connectivity index (χ2v) is 12.8. The quantitative estimate of drug-likeness (QED) is 0.307. The fourth-order valence-corrected chi connectivity index (χ4v) is 7.17. The van der Waals surface area contributed by atoms with E-state index in [1.165, 1.54) is 0 Å². The van der Waals surface area contributed by atoms with E-state index in [1.54, 1.807) is 12.0 Å². The Morgan fingerprint density at radius 1 is 1.10 bits per heavy atom. The molecule has 6 unspecified atom stereocenters. The molecule has 0 aromatic heterocycles. The molecule has 1 aromatic rings. The van der Waals surface area contributed by atoms with Crippen LogP contribution in [0.5, 0.6) is 0 Å². The van der Waals surface area contributed by atoms with E-state index in [0.29, 0.717) is 51.1 Å². The summed E-state index contributed by atoms with van der Waals surface area (Å²) in [4.78, 5) is 17.3. The number of rotatable bonds is 13. The van der Waals surface area contributed by atoms with E-state index < -0.39 is 18.6 Å². The Balaban J connectivity index is 1.24. The van der Waals surface area contributed by atoms with Crippen LogP contribution in [0.25, 0.3) is 0 Å². The number of aliphatic hydroxyl groups is 2. The fraction of sp³-hybridized carbons (Fsp3) is 0.774. The van der Waals surface area contributed by atoms with Crippen molar-refractivity contribution >= 4 is 6.03 Å². The van der Waals surface area contributed by atoms with Gasteiger partial charge in [-0.2, -0.15) is 0 Å². The van der Waals surface area contributed by atoms with Gasteiger partial charge in [0.1, 0.15) is 0 Å². The predicted molar refractivity (Wildman–Crippen MR) is 153 cm³/mol. The second kappa shape index (κ2) is 14.1. The van der Waals surface area contributed by atoms with Gasteiger partial charge in [-0.3, -0.25) is 5.32 Å². The van der Waals surface area contributed by atoms with Crippen molar-refractivity contribution in [3.63, 3.8) is 0 Å². The number of amides is 2. The maximum atomic E-state index is 13.6. The molecule has 1 aromatic carbocycles. The number of methoxy groups -OCH3 is 1. The van der Waals surface area contributed by atoms with Gasteiger partial charge in [-0.25, -0.2) is 4.79 Å². The van der Waals surface area contributed by atoms with E-state index in [4.69, 9.17) is 18.9 Å². The van der Waals surface area contributed by atoms with Crippen LogP contribution in [0, 0.1) is 29.6 Å². The summed E-state index contributed by atoms with van der Waals surface area (Å²) >= 11 is 0. The standard InChI is InChI=1S/C31H49N3O7/c1-20(2)15-34(31(37)33-11-9-22(10-12-33)17-38-3)16-27(35)26(13-21-7-5-4-6-8-21)32-30(36)41-28-23-14-24-25(28)19-40-29(24)39-18-23/h4-8,20,22-30,32,35-36H,9-19H2,1-3H3/t23?,24?,25?,26-,27+,28?,29?,30?/m0/s1. The molecule has 4 aliphatic rings. The van der Waals surface area contributed by atoms with E-state index in [0.717, 1.165) is 31.4 Å².